The Labute approximate surface area is 350 Å². The Bertz CT molecular complexity index is 3280. The topological polar surface area (TPSA) is 18.0 Å². The van der Waals surface area contributed by atoms with E-state index in [0.717, 1.165) is 35.6 Å². The lowest BCUT2D eigenvalue weighted by Crippen LogP contribution is -2.11. The number of allylic oxidation sites excluding steroid dienone is 2. The Kier molecular flexibility index (Phi) is 7.89. The van der Waals surface area contributed by atoms with Gasteiger partial charge in [-0.3, -0.25) is 0 Å². The van der Waals surface area contributed by atoms with Gasteiger partial charge in [0.1, 0.15) is 0 Å². The second kappa shape index (κ2) is 13.6. The highest BCUT2D eigenvalue weighted by atomic mass is 15.1. The molecule has 0 fully saturated rings. The summed E-state index contributed by atoms with van der Waals surface area (Å²) in [5.41, 5.74) is 17.2. The van der Waals surface area contributed by atoms with Gasteiger partial charge in [0.2, 0.25) is 0 Å². The van der Waals surface area contributed by atoms with Gasteiger partial charge in [0.15, 0.2) is 0 Å². The normalized spacial score (nSPS) is 15.9. The van der Waals surface area contributed by atoms with Crippen LogP contribution in [0, 0.1) is 0 Å². The fraction of sp³-hybridized carbons (Fsp3) is 0.107. The monoisotopic (exact) mass is 772 g/mol. The largest absolute Gasteiger partial charge is 0.313 e. The zero-order valence-corrected chi connectivity index (χ0v) is 33.8. The average molecular weight is 773 g/mol. The number of anilines is 3. The van der Waals surface area contributed by atoms with E-state index < -0.39 is 0 Å². The van der Waals surface area contributed by atoms with Crippen molar-refractivity contribution in [1.29, 1.82) is 0 Å². The molecule has 60 heavy (non-hydrogen) atoms. The van der Waals surface area contributed by atoms with Crippen LogP contribution in [0.15, 0.2) is 182 Å². The van der Waals surface area contributed by atoms with Crippen LogP contribution >= 0.6 is 0 Å². The number of rotatable bonds is 6. The molecule has 0 N–H and O–H groups in total. The number of hydrogen-bond acceptors (Lipinski definition) is 1. The zero-order chi connectivity index (χ0) is 39.9. The summed E-state index contributed by atoms with van der Waals surface area (Å²) in [5, 5.41) is 5.19. The lowest BCUT2D eigenvalue weighted by molar-refractivity contribution is 0.723. The van der Waals surface area contributed by atoms with Gasteiger partial charge in [-0.2, -0.15) is 0 Å². The molecule has 4 heteroatoms. The minimum Gasteiger partial charge on any atom is -0.313 e. The molecule has 10 aromatic rings. The van der Waals surface area contributed by atoms with Crippen molar-refractivity contribution in [3.05, 3.63) is 205 Å². The highest BCUT2D eigenvalue weighted by Gasteiger charge is 2.25. The number of aromatic nitrogens is 3. The van der Waals surface area contributed by atoms with E-state index in [2.05, 4.69) is 227 Å². The maximum Gasteiger partial charge on any atom is 0.0541 e. The zero-order valence-electron chi connectivity index (χ0n) is 33.8. The Hall–Kier alpha value is -7.30. The molecular formula is C56H44N4. The molecule has 3 aromatic heterocycles. The summed E-state index contributed by atoms with van der Waals surface area (Å²) in [6, 6.07) is 62.5. The second-order valence-electron chi connectivity index (χ2n) is 16.6. The smallest absolute Gasteiger partial charge is 0.0541 e. The van der Waals surface area contributed by atoms with Gasteiger partial charge in [-0.25, -0.2) is 0 Å². The van der Waals surface area contributed by atoms with Crippen LogP contribution in [0.25, 0.3) is 72.8 Å². The number of nitrogens with zero attached hydrogens (tertiary/aromatic N) is 4. The van der Waals surface area contributed by atoms with Crippen molar-refractivity contribution in [3.8, 4) is 17.1 Å². The molecule has 0 radical (unpaired) electrons. The lowest BCUT2D eigenvalue weighted by atomic mass is 9.91. The third kappa shape index (κ3) is 5.23. The van der Waals surface area contributed by atoms with Crippen LogP contribution in [-0.2, 0) is 0 Å². The van der Waals surface area contributed by atoms with Crippen molar-refractivity contribution in [3.63, 3.8) is 0 Å². The highest BCUT2D eigenvalue weighted by molar-refractivity contribution is 6.09. The van der Waals surface area contributed by atoms with E-state index in [9.17, 15) is 0 Å². The molecule has 2 atom stereocenters. The maximum absolute atomic E-state index is 2.49. The molecule has 4 nitrogen and oxygen atoms in total. The Morgan fingerprint density at radius 2 is 0.817 bits per heavy atom. The SMILES string of the molecule is CC1CC=Cc2c1c1ccccc1n2-c1ccc(N(c2ccc(-n3c4c(c5ccccc53)C=CCC4C)cc2)c2ccc(-n3c4ccccc4c4ccccc43)cc2)cc1. The highest BCUT2D eigenvalue weighted by Crippen LogP contribution is 2.43. The first-order valence-electron chi connectivity index (χ1n) is 21.3. The molecule has 288 valence electrons. The van der Waals surface area contributed by atoms with Gasteiger partial charge in [-0.15, -0.1) is 0 Å². The first-order chi connectivity index (χ1) is 29.6. The van der Waals surface area contributed by atoms with Gasteiger partial charge in [0, 0.05) is 78.5 Å². The van der Waals surface area contributed by atoms with Gasteiger partial charge in [0.05, 0.1) is 22.1 Å². The Morgan fingerprint density at radius 3 is 1.38 bits per heavy atom. The maximum atomic E-state index is 2.49. The average Bonchev–Trinajstić information content (AvgIpc) is 3.95. The van der Waals surface area contributed by atoms with Crippen molar-refractivity contribution in [2.45, 2.75) is 38.5 Å². The van der Waals surface area contributed by atoms with E-state index >= 15 is 0 Å². The summed E-state index contributed by atoms with van der Waals surface area (Å²) >= 11 is 0. The molecule has 2 aliphatic carbocycles. The first kappa shape index (κ1) is 34.7. The van der Waals surface area contributed by atoms with Gasteiger partial charge in [0.25, 0.3) is 0 Å². The molecule has 3 heterocycles. The van der Waals surface area contributed by atoms with E-state index in [1.54, 1.807) is 0 Å². The van der Waals surface area contributed by atoms with E-state index in [1.165, 1.54) is 77.5 Å². The van der Waals surface area contributed by atoms with Crippen LogP contribution in [0.1, 0.15) is 61.0 Å². The summed E-state index contributed by atoms with van der Waals surface area (Å²) in [7, 11) is 0. The standard InChI is InChI=1S/C56H44N4/c1-37-13-12-24-54-55(37)49-18-6-10-23-53(49)59(54)43-33-27-40(28-34-43)57(39-25-31-42(32-26-39)58-50-20-7-3-15-45(50)46-16-4-8-21-51(46)58)41-29-35-44(36-30-41)60-52-22-9-5-17-47(52)48-19-11-14-38(2)56(48)60/h3-12,15-38H,13-14H2,1-2H3. The molecule has 7 aromatic carbocycles. The molecule has 0 spiro atoms. The van der Waals surface area contributed by atoms with Gasteiger partial charge in [-0.1, -0.05) is 105 Å². The summed E-state index contributed by atoms with van der Waals surface area (Å²) in [6.45, 7) is 4.70. The van der Waals surface area contributed by atoms with Crippen molar-refractivity contribution >= 4 is 72.8 Å². The molecule has 2 aliphatic rings. The van der Waals surface area contributed by atoms with Crippen molar-refractivity contribution < 1.29 is 0 Å². The lowest BCUT2D eigenvalue weighted by Gasteiger charge is -2.27. The molecular weight excluding hydrogens is 729 g/mol. The minimum atomic E-state index is 0.432. The third-order valence-electron chi connectivity index (χ3n) is 13.1. The van der Waals surface area contributed by atoms with Crippen LogP contribution in [0.3, 0.4) is 0 Å². The molecule has 2 unspecified atom stereocenters. The van der Waals surface area contributed by atoms with E-state index in [1.807, 2.05) is 0 Å². The number of benzene rings is 7. The van der Waals surface area contributed by atoms with Crippen LogP contribution in [0.5, 0.6) is 0 Å². The van der Waals surface area contributed by atoms with E-state index in [4.69, 9.17) is 0 Å². The van der Waals surface area contributed by atoms with Crippen LogP contribution in [0.2, 0.25) is 0 Å². The molecule has 0 saturated carbocycles. The minimum absolute atomic E-state index is 0.432. The molecule has 0 saturated heterocycles. The predicted molar refractivity (Wildman–Crippen MR) is 253 cm³/mol. The summed E-state index contributed by atoms with van der Waals surface area (Å²) < 4.78 is 7.32. The third-order valence-corrected chi connectivity index (χ3v) is 13.1. The fourth-order valence-electron chi connectivity index (χ4n) is 10.4. The molecule has 0 bridgehead atoms. The number of fused-ring (bicyclic) bond motifs is 9. The number of hydrogen-bond donors (Lipinski definition) is 0. The van der Waals surface area contributed by atoms with Crippen molar-refractivity contribution in [1.82, 2.24) is 13.7 Å². The van der Waals surface area contributed by atoms with Gasteiger partial charge >= 0.3 is 0 Å². The van der Waals surface area contributed by atoms with E-state index in [-0.39, 0.29) is 0 Å². The molecule has 0 aliphatic heterocycles. The molecule has 12 rings (SSSR count). The summed E-state index contributed by atoms with van der Waals surface area (Å²) in [6.07, 6.45) is 11.4. The Morgan fingerprint density at radius 1 is 0.400 bits per heavy atom. The number of para-hydroxylation sites is 4. The van der Waals surface area contributed by atoms with Gasteiger partial charge in [-0.05, 0) is 127 Å². The first-order valence-corrected chi connectivity index (χ1v) is 21.3. The summed E-state index contributed by atoms with van der Waals surface area (Å²) in [4.78, 5) is 2.39. The summed E-state index contributed by atoms with van der Waals surface area (Å²) in [5.74, 6) is 0.913. The van der Waals surface area contributed by atoms with Crippen LogP contribution < -0.4 is 4.90 Å². The quantitative estimate of drug-likeness (QED) is 0.165. The Balaban J connectivity index is 0.990. The van der Waals surface area contributed by atoms with Gasteiger partial charge < -0.3 is 18.6 Å². The predicted octanol–water partition coefficient (Wildman–Crippen LogP) is 15.2. The van der Waals surface area contributed by atoms with Crippen molar-refractivity contribution in [2.24, 2.45) is 0 Å². The fourth-order valence-corrected chi connectivity index (χ4v) is 10.4. The van der Waals surface area contributed by atoms with E-state index in [0.29, 0.717) is 11.8 Å². The van der Waals surface area contributed by atoms with Crippen LogP contribution in [0.4, 0.5) is 17.1 Å². The molecule has 0 amide bonds. The van der Waals surface area contributed by atoms with Crippen LogP contribution in [-0.4, -0.2) is 13.7 Å². The second-order valence-corrected chi connectivity index (χ2v) is 16.6. The van der Waals surface area contributed by atoms with Crippen molar-refractivity contribution in [2.75, 3.05) is 4.90 Å².